The first-order valence-electron chi connectivity index (χ1n) is 3.08. The second-order valence-corrected chi connectivity index (χ2v) is 2.29. The molecule has 46 valence electrons. The van der Waals surface area contributed by atoms with Crippen LogP contribution < -0.4 is 0 Å². The van der Waals surface area contributed by atoms with Gasteiger partial charge in [0, 0.05) is 19.8 Å². The van der Waals surface area contributed by atoms with Crippen LogP contribution in [0.1, 0.15) is 26.2 Å². The van der Waals surface area contributed by atoms with E-state index in [0.717, 1.165) is 23.3 Å². The Bertz CT molecular complexity index is 104. The van der Waals surface area contributed by atoms with Crippen molar-refractivity contribution in [3.63, 3.8) is 0 Å². The van der Waals surface area contributed by atoms with Gasteiger partial charge in [-0.2, -0.15) is 0 Å². The minimum Gasteiger partial charge on any atom is -0.624 e. The average molecular weight is 113 g/mol. The summed E-state index contributed by atoms with van der Waals surface area (Å²) in [4.78, 5) is 0. The second-order valence-electron chi connectivity index (χ2n) is 2.29. The monoisotopic (exact) mass is 113 g/mol. The minimum absolute atomic E-state index is 0.714. The lowest BCUT2D eigenvalue weighted by molar-refractivity contribution is -0.464. The van der Waals surface area contributed by atoms with Gasteiger partial charge in [-0.15, -0.1) is 0 Å². The molecule has 1 aliphatic rings. The SMILES string of the molecule is CC1=[N+]([O-])CCCC1. The molecule has 0 bridgehead atoms. The van der Waals surface area contributed by atoms with E-state index in [1.165, 1.54) is 6.42 Å². The highest BCUT2D eigenvalue weighted by atomic mass is 16.5. The molecular formula is C6H11NO. The van der Waals surface area contributed by atoms with Gasteiger partial charge in [-0.1, -0.05) is 0 Å². The Balaban J connectivity index is 2.60. The Morgan fingerprint density at radius 2 is 2.25 bits per heavy atom. The van der Waals surface area contributed by atoms with Crippen molar-refractivity contribution in [1.82, 2.24) is 0 Å². The van der Waals surface area contributed by atoms with Crippen LogP contribution in [0.25, 0.3) is 0 Å². The zero-order valence-corrected chi connectivity index (χ0v) is 5.18. The van der Waals surface area contributed by atoms with Crippen LogP contribution in [0.3, 0.4) is 0 Å². The molecule has 8 heavy (non-hydrogen) atoms. The van der Waals surface area contributed by atoms with Gasteiger partial charge in [0.25, 0.3) is 0 Å². The van der Waals surface area contributed by atoms with E-state index in [0.29, 0.717) is 6.54 Å². The molecule has 0 saturated carbocycles. The Labute approximate surface area is 49.4 Å². The first kappa shape index (κ1) is 5.60. The number of hydroxylamine groups is 1. The summed E-state index contributed by atoms with van der Waals surface area (Å²) in [7, 11) is 0. The summed E-state index contributed by atoms with van der Waals surface area (Å²) >= 11 is 0. The molecule has 0 aliphatic carbocycles. The van der Waals surface area contributed by atoms with E-state index in [2.05, 4.69) is 0 Å². The van der Waals surface area contributed by atoms with Crippen LogP contribution in [0.2, 0.25) is 0 Å². The molecule has 0 fully saturated rings. The van der Waals surface area contributed by atoms with Gasteiger partial charge >= 0.3 is 0 Å². The topological polar surface area (TPSA) is 26.1 Å². The quantitative estimate of drug-likeness (QED) is 0.341. The van der Waals surface area contributed by atoms with Gasteiger partial charge < -0.3 is 5.21 Å². The lowest BCUT2D eigenvalue weighted by Gasteiger charge is -2.11. The number of rotatable bonds is 0. The minimum atomic E-state index is 0.714. The van der Waals surface area contributed by atoms with Crippen molar-refractivity contribution >= 4 is 5.71 Å². The van der Waals surface area contributed by atoms with Crippen molar-refractivity contribution in [3.05, 3.63) is 5.21 Å². The van der Waals surface area contributed by atoms with E-state index in [9.17, 15) is 5.21 Å². The number of nitrogens with zero attached hydrogens (tertiary/aromatic N) is 1. The largest absolute Gasteiger partial charge is 0.624 e. The average Bonchev–Trinajstić information content (AvgIpc) is 1.77. The maximum absolute atomic E-state index is 10.7. The maximum Gasteiger partial charge on any atom is 0.160 e. The van der Waals surface area contributed by atoms with E-state index < -0.39 is 0 Å². The molecule has 0 saturated heterocycles. The third-order valence-corrected chi connectivity index (χ3v) is 1.58. The summed E-state index contributed by atoms with van der Waals surface area (Å²) in [6, 6.07) is 0. The van der Waals surface area contributed by atoms with Crippen LogP contribution in [-0.4, -0.2) is 17.0 Å². The fraction of sp³-hybridized carbons (Fsp3) is 0.833. The first-order valence-corrected chi connectivity index (χ1v) is 3.08. The van der Waals surface area contributed by atoms with Gasteiger partial charge in [-0.3, -0.25) is 0 Å². The van der Waals surface area contributed by atoms with Crippen LogP contribution in [0.4, 0.5) is 0 Å². The summed E-state index contributed by atoms with van der Waals surface area (Å²) in [6.07, 6.45) is 3.27. The van der Waals surface area contributed by atoms with Crippen molar-refractivity contribution in [2.75, 3.05) is 6.54 Å². The summed E-state index contributed by atoms with van der Waals surface area (Å²) in [5.41, 5.74) is 0.997. The van der Waals surface area contributed by atoms with Crippen LogP contribution in [0.5, 0.6) is 0 Å². The molecule has 0 aromatic rings. The van der Waals surface area contributed by atoms with Crippen LogP contribution in [0.15, 0.2) is 0 Å². The van der Waals surface area contributed by atoms with Crippen molar-refractivity contribution in [2.45, 2.75) is 26.2 Å². The molecule has 2 heteroatoms. The van der Waals surface area contributed by atoms with Gasteiger partial charge in [0.2, 0.25) is 0 Å². The Morgan fingerprint density at radius 3 is 2.62 bits per heavy atom. The Kier molecular flexibility index (Phi) is 1.51. The zero-order valence-electron chi connectivity index (χ0n) is 5.18. The van der Waals surface area contributed by atoms with E-state index in [-0.39, 0.29) is 0 Å². The summed E-state index contributed by atoms with van der Waals surface area (Å²) in [6.45, 7) is 2.62. The molecule has 0 N–H and O–H groups in total. The molecule has 1 heterocycles. The third-order valence-electron chi connectivity index (χ3n) is 1.58. The molecule has 0 aromatic heterocycles. The molecule has 0 unspecified atom stereocenters. The summed E-state index contributed by atoms with van der Waals surface area (Å²) in [5.74, 6) is 0. The highest BCUT2D eigenvalue weighted by Crippen LogP contribution is 2.03. The molecule has 2 nitrogen and oxygen atoms in total. The lowest BCUT2D eigenvalue weighted by Crippen LogP contribution is -2.18. The predicted molar refractivity (Wildman–Crippen MR) is 33.0 cm³/mol. The predicted octanol–water partition coefficient (Wildman–Crippen LogP) is 1.14. The smallest absolute Gasteiger partial charge is 0.160 e. The second kappa shape index (κ2) is 2.16. The molecule has 1 rings (SSSR count). The summed E-state index contributed by atoms with van der Waals surface area (Å²) < 4.78 is 1.10. The van der Waals surface area contributed by atoms with Gasteiger partial charge in [-0.05, 0) is 6.42 Å². The highest BCUT2D eigenvalue weighted by Gasteiger charge is 2.08. The van der Waals surface area contributed by atoms with E-state index in [4.69, 9.17) is 0 Å². The van der Waals surface area contributed by atoms with E-state index >= 15 is 0 Å². The van der Waals surface area contributed by atoms with E-state index in [1.54, 1.807) is 0 Å². The number of hydrogen-bond acceptors (Lipinski definition) is 1. The molecular weight excluding hydrogens is 102 g/mol. The molecule has 0 atom stereocenters. The van der Waals surface area contributed by atoms with Crippen LogP contribution in [0, 0.1) is 5.21 Å². The van der Waals surface area contributed by atoms with E-state index in [1.807, 2.05) is 6.92 Å². The van der Waals surface area contributed by atoms with Gasteiger partial charge in [0.15, 0.2) is 12.3 Å². The maximum atomic E-state index is 10.7. The van der Waals surface area contributed by atoms with Crippen molar-refractivity contribution < 1.29 is 4.74 Å². The van der Waals surface area contributed by atoms with Crippen molar-refractivity contribution in [3.8, 4) is 0 Å². The van der Waals surface area contributed by atoms with Crippen LogP contribution >= 0.6 is 0 Å². The van der Waals surface area contributed by atoms with Crippen molar-refractivity contribution in [2.24, 2.45) is 0 Å². The Hall–Kier alpha value is -0.530. The Morgan fingerprint density at radius 1 is 1.50 bits per heavy atom. The fourth-order valence-electron chi connectivity index (χ4n) is 0.952. The lowest BCUT2D eigenvalue weighted by atomic mass is 10.1. The molecule has 0 amide bonds. The molecule has 0 aromatic carbocycles. The molecule has 1 aliphatic heterocycles. The van der Waals surface area contributed by atoms with Gasteiger partial charge in [0.05, 0.1) is 0 Å². The fourth-order valence-corrected chi connectivity index (χ4v) is 0.952. The number of hydrogen-bond donors (Lipinski definition) is 0. The van der Waals surface area contributed by atoms with Crippen LogP contribution in [-0.2, 0) is 0 Å². The third kappa shape index (κ3) is 0.997. The summed E-state index contributed by atoms with van der Waals surface area (Å²) in [5, 5.41) is 10.7. The normalized spacial score (nSPS) is 21.6. The standard InChI is InChI=1S/C6H11NO/c1-6-4-2-3-5-7(6)8/h2-5H2,1H3. The molecule has 0 radical (unpaired) electrons. The molecule has 0 spiro atoms. The zero-order chi connectivity index (χ0) is 5.98. The first-order chi connectivity index (χ1) is 3.80. The van der Waals surface area contributed by atoms with Gasteiger partial charge in [-0.25, -0.2) is 4.74 Å². The van der Waals surface area contributed by atoms with Gasteiger partial charge in [0.1, 0.15) is 0 Å². The van der Waals surface area contributed by atoms with Crippen molar-refractivity contribution in [1.29, 1.82) is 0 Å². The highest BCUT2D eigenvalue weighted by molar-refractivity contribution is 5.77.